The first kappa shape index (κ1) is 27.6. The molecule has 2 aliphatic heterocycles. The van der Waals surface area contributed by atoms with Gasteiger partial charge in [-0.1, -0.05) is 18.6 Å². The predicted molar refractivity (Wildman–Crippen MR) is 144 cm³/mol. The van der Waals surface area contributed by atoms with Crippen LogP contribution in [-0.4, -0.2) is 57.5 Å². The highest BCUT2D eigenvalue weighted by molar-refractivity contribution is 7.92. The minimum Gasteiger partial charge on any atom is -0.350 e. The molecule has 37 heavy (non-hydrogen) atoms. The Hall–Kier alpha value is -2.47. The smallest absolute Gasteiger partial charge is 0.321 e. The molecule has 0 aliphatic carbocycles. The van der Waals surface area contributed by atoms with Crippen LogP contribution in [0.25, 0.3) is 10.4 Å². The number of nitrogens with one attached hydrogen (secondary N) is 2. The van der Waals surface area contributed by atoms with Crippen molar-refractivity contribution in [3.05, 3.63) is 41.3 Å². The van der Waals surface area contributed by atoms with Gasteiger partial charge in [0.1, 0.15) is 4.75 Å². The minimum absolute atomic E-state index is 0.0482. The Morgan fingerprint density at radius 3 is 2.76 bits per heavy atom. The Kier molecular flexibility index (Phi) is 8.89. The second-order valence-electron chi connectivity index (χ2n) is 9.58. The number of hydroxylamine groups is 1. The molecule has 3 heterocycles. The lowest BCUT2D eigenvalue weighted by Crippen LogP contribution is -2.45. The van der Waals surface area contributed by atoms with Gasteiger partial charge in [-0.15, -0.1) is 11.3 Å². The van der Waals surface area contributed by atoms with Crippen LogP contribution in [0.4, 0.5) is 10.5 Å². The summed E-state index contributed by atoms with van der Waals surface area (Å²) in [6.07, 6.45) is 3.58. The number of thiophene rings is 1. The van der Waals surface area contributed by atoms with E-state index in [1.807, 2.05) is 43.3 Å². The Morgan fingerprint density at radius 2 is 2.03 bits per heavy atom. The molecule has 2 fully saturated rings. The molecule has 2 atom stereocenters. The van der Waals surface area contributed by atoms with Gasteiger partial charge in [0.15, 0.2) is 16.1 Å². The van der Waals surface area contributed by atoms with Crippen molar-refractivity contribution in [2.24, 2.45) is 0 Å². The molecule has 1 unspecified atom stereocenters. The molecule has 202 valence electrons. The number of hydrogen-bond acceptors (Lipinski definition) is 7. The van der Waals surface area contributed by atoms with Crippen molar-refractivity contribution in [3.8, 4) is 10.4 Å². The van der Waals surface area contributed by atoms with Crippen LogP contribution >= 0.6 is 11.3 Å². The molecule has 0 radical (unpaired) electrons. The van der Waals surface area contributed by atoms with E-state index in [0.717, 1.165) is 29.7 Å². The van der Waals surface area contributed by atoms with Gasteiger partial charge in [0.25, 0.3) is 0 Å². The van der Waals surface area contributed by atoms with E-state index in [2.05, 4.69) is 10.8 Å². The van der Waals surface area contributed by atoms with Crippen molar-refractivity contribution in [2.75, 3.05) is 31.3 Å². The predicted octanol–water partition coefficient (Wildman–Crippen LogP) is 4.66. The summed E-state index contributed by atoms with van der Waals surface area (Å²) in [6.45, 7) is 3.06. The molecule has 2 aliphatic rings. The van der Waals surface area contributed by atoms with Gasteiger partial charge in [-0.05, 0) is 62.4 Å². The number of anilines is 1. The van der Waals surface area contributed by atoms with E-state index in [9.17, 15) is 18.0 Å². The summed E-state index contributed by atoms with van der Waals surface area (Å²) in [5.74, 6) is -0.425. The Labute approximate surface area is 222 Å². The monoisotopic (exact) mass is 549 g/mol. The Bertz CT molecular complexity index is 1210. The molecule has 4 rings (SSSR count). The van der Waals surface area contributed by atoms with E-state index in [0.29, 0.717) is 43.0 Å². The van der Waals surface area contributed by atoms with Crippen LogP contribution in [0.1, 0.15) is 56.7 Å². The standard InChI is InChI=1S/C26H35N3O6S2/c1-3-29(2)25(31)27-20-10-8-9-19(17-20)21-12-13-22(36-21)26(14-5-7-16-37(26,32)33)18-23(30)28-35-24-11-4-6-15-34-24/h8-10,12-13,17,24H,3-7,11,14-16,18H2,1-2H3,(H,27,31)(H,28,30)/t24?,26-/m0/s1. The first-order chi connectivity index (χ1) is 17.7. The third kappa shape index (κ3) is 6.34. The number of ether oxygens (including phenoxy) is 1. The highest BCUT2D eigenvalue weighted by Gasteiger charge is 2.49. The zero-order chi connectivity index (χ0) is 26.5. The fourth-order valence-corrected chi connectivity index (χ4v) is 8.47. The molecule has 0 saturated carbocycles. The van der Waals surface area contributed by atoms with Crippen molar-refractivity contribution in [2.45, 2.75) is 62.9 Å². The highest BCUT2D eigenvalue weighted by atomic mass is 32.2. The lowest BCUT2D eigenvalue weighted by Gasteiger charge is -2.35. The van der Waals surface area contributed by atoms with Crippen LogP contribution in [0.5, 0.6) is 0 Å². The topological polar surface area (TPSA) is 114 Å². The van der Waals surface area contributed by atoms with Gasteiger partial charge in [0, 0.05) is 42.1 Å². The quantitative estimate of drug-likeness (QED) is 0.463. The largest absolute Gasteiger partial charge is 0.350 e. The molecule has 1 aromatic carbocycles. The van der Waals surface area contributed by atoms with Gasteiger partial charge in [0.05, 0.1) is 12.2 Å². The SMILES string of the molecule is CCN(C)C(=O)Nc1cccc(-c2ccc([C@@]3(CC(=O)NOC4CCCCO4)CCCCS3(=O)=O)s2)c1. The first-order valence-corrected chi connectivity index (χ1v) is 15.2. The van der Waals surface area contributed by atoms with Crippen molar-refractivity contribution < 1.29 is 27.6 Å². The minimum atomic E-state index is -3.58. The van der Waals surface area contributed by atoms with Gasteiger partial charge >= 0.3 is 6.03 Å². The molecule has 0 spiro atoms. The summed E-state index contributed by atoms with van der Waals surface area (Å²) < 4.78 is 31.1. The summed E-state index contributed by atoms with van der Waals surface area (Å²) in [4.78, 5) is 33.7. The van der Waals surface area contributed by atoms with Gasteiger partial charge in [-0.2, -0.15) is 0 Å². The summed E-state index contributed by atoms with van der Waals surface area (Å²) >= 11 is 1.37. The number of amides is 3. The zero-order valence-corrected chi connectivity index (χ0v) is 23.0. The van der Waals surface area contributed by atoms with E-state index in [1.165, 1.54) is 11.3 Å². The van der Waals surface area contributed by atoms with E-state index in [-0.39, 0.29) is 18.2 Å². The molecule has 2 saturated heterocycles. The van der Waals surface area contributed by atoms with E-state index in [1.54, 1.807) is 11.9 Å². The summed E-state index contributed by atoms with van der Waals surface area (Å²) in [7, 11) is -1.86. The van der Waals surface area contributed by atoms with E-state index < -0.39 is 26.8 Å². The molecule has 2 N–H and O–H groups in total. The Morgan fingerprint density at radius 1 is 1.19 bits per heavy atom. The average molecular weight is 550 g/mol. The fourth-order valence-electron chi connectivity index (χ4n) is 4.70. The van der Waals surface area contributed by atoms with Crippen LogP contribution in [0.2, 0.25) is 0 Å². The third-order valence-corrected chi connectivity index (χ3v) is 11.1. The average Bonchev–Trinajstić information content (AvgIpc) is 3.40. The molecule has 11 heteroatoms. The maximum absolute atomic E-state index is 13.5. The third-order valence-electron chi connectivity index (χ3n) is 7.00. The molecule has 3 amide bonds. The molecular formula is C26H35N3O6S2. The van der Waals surface area contributed by atoms with Gasteiger partial charge < -0.3 is 15.0 Å². The second kappa shape index (κ2) is 11.9. The summed E-state index contributed by atoms with van der Waals surface area (Å²) in [5, 5.41) is 2.88. The van der Waals surface area contributed by atoms with Crippen molar-refractivity contribution in [3.63, 3.8) is 0 Å². The first-order valence-electron chi connectivity index (χ1n) is 12.8. The number of carbonyl (C=O) groups is 2. The van der Waals surface area contributed by atoms with E-state index in [4.69, 9.17) is 9.57 Å². The number of hydrogen-bond donors (Lipinski definition) is 2. The number of rotatable bonds is 8. The van der Waals surface area contributed by atoms with Crippen LogP contribution in [0.3, 0.4) is 0 Å². The van der Waals surface area contributed by atoms with Crippen LogP contribution in [0, 0.1) is 0 Å². The van der Waals surface area contributed by atoms with Gasteiger partial charge in [0.2, 0.25) is 5.91 Å². The normalized spacial score (nSPS) is 23.2. The molecule has 2 aromatic rings. The van der Waals surface area contributed by atoms with Crippen molar-refractivity contribution >= 4 is 38.8 Å². The summed E-state index contributed by atoms with van der Waals surface area (Å²) in [5.41, 5.74) is 3.95. The van der Waals surface area contributed by atoms with Crippen LogP contribution in [-0.2, 0) is 29.0 Å². The lowest BCUT2D eigenvalue weighted by atomic mass is 9.94. The molecule has 1 aromatic heterocycles. The van der Waals surface area contributed by atoms with Crippen molar-refractivity contribution in [1.82, 2.24) is 10.4 Å². The molecular weight excluding hydrogens is 514 g/mol. The van der Waals surface area contributed by atoms with Crippen LogP contribution < -0.4 is 10.8 Å². The lowest BCUT2D eigenvalue weighted by molar-refractivity contribution is -0.200. The summed E-state index contributed by atoms with van der Waals surface area (Å²) in [6, 6.07) is 10.9. The number of carbonyl (C=O) groups excluding carboxylic acids is 2. The van der Waals surface area contributed by atoms with Gasteiger partial charge in [-0.3, -0.25) is 4.79 Å². The van der Waals surface area contributed by atoms with Crippen molar-refractivity contribution in [1.29, 1.82) is 0 Å². The second-order valence-corrected chi connectivity index (χ2v) is 13.1. The number of benzene rings is 1. The molecule has 9 nitrogen and oxygen atoms in total. The molecule has 0 bridgehead atoms. The zero-order valence-electron chi connectivity index (χ0n) is 21.3. The van der Waals surface area contributed by atoms with E-state index >= 15 is 0 Å². The fraction of sp³-hybridized carbons (Fsp3) is 0.538. The van der Waals surface area contributed by atoms with Crippen LogP contribution in [0.15, 0.2) is 36.4 Å². The van der Waals surface area contributed by atoms with Gasteiger partial charge in [-0.25, -0.2) is 23.5 Å². The Balaban J connectivity index is 1.55. The number of urea groups is 1. The maximum Gasteiger partial charge on any atom is 0.321 e. The number of nitrogens with zero attached hydrogens (tertiary/aromatic N) is 1. The maximum atomic E-state index is 13.5. The number of sulfone groups is 1. The highest BCUT2D eigenvalue weighted by Crippen LogP contribution is 2.47.